The molecule has 0 aliphatic carbocycles. The lowest BCUT2D eigenvalue weighted by atomic mass is 9.96. The molecule has 0 aliphatic heterocycles. The van der Waals surface area contributed by atoms with Crippen molar-refractivity contribution in [1.82, 2.24) is 0 Å². The Bertz CT molecular complexity index is 604. The third kappa shape index (κ3) is 19.0. The number of esters is 3. The Kier molecular flexibility index (Phi) is 20.1. The quantitative estimate of drug-likeness (QED) is 0.101. The second-order valence-corrected chi connectivity index (χ2v) is 9.46. The normalized spacial score (nSPS) is 12.7. The zero-order valence-electron chi connectivity index (χ0n) is 22.0. The van der Waals surface area contributed by atoms with Gasteiger partial charge >= 0.3 is 23.9 Å². The third-order valence-corrected chi connectivity index (χ3v) is 5.99. The topological polar surface area (TPSA) is 127 Å². The van der Waals surface area contributed by atoms with Crippen LogP contribution in [0.4, 0.5) is 0 Å². The molecule has 8 nitrogen and oxygen atoms in total. The average molecular weight is 501 g/mol. The number of rotatable bonds is 23. The maximum absolute atomic E-state index is 12.0. The molecule has 0 bridgehead atoms. The van der Waals surface area contributed by atoms with Crippen LogP contribution >= 0.6 is 0 Å². The van der Waals surface area contributed by atoms with Crippen molar-refractivity contribution in [3.05, 3.63) is 0 Å². The van der Waals surface area contributed by atoms with Crippen molar-refractivity contribution in [2.24, 2.45) is 0 Å². The molecule has 0 aliphatic rings. The molecule has 0 aromatic rings. The Morgan fingerprint density at radius 2 is 1.03 bits per heavy atom. The van der Waals surface area contributed by atoms with Gasteiger partial charge in [0.05, 0.1) is 19.4 Å². The molecule has 1 unspecified atom stereocenters. The van der Waals surface area contributed by atoms with E-state index in [-0.39, 0.29) is 13.0 Å². The lowest BCUT2D eigenvalue weighted by Gasteiger charge is -2.21. The summed E-state index contributed by atoms with van der Waals surface area (Å²) in [5.74, 6) is -4.61. The van der Waals surface area contributed by atoms with Crippen LogP contribution in [0.2, 0.25) is 0 Å². The van der Waals surface area contributed by atoms with Gasteiger partial charge in [-0.25, -0.2) is 4.79 Å². The summed E-state index contributed by atoms with van der Waals surface area (Å²) >= 11 is 0. The largest absolute Gasteiger partial charge is 0.479 e. The van der Waals surface area contributed by atoms with Crippen molar-refractivity contribution in [3.8, 4) is 0 Å². The molecule has 0 aromatic heterocycles. The second-order valence-electron chi connectivity index (χ2n) is 9.46. The summed E-state index contributed by atoms with van der Waals surface area (Å²) in [6, 6.07) is 0. The lowest BCUT2D eigenvalue weighted by molar-refractivity contribution is -0.175. The first-order valence-corrected chi connectivity index (χ1v) is 13.6. The van der Waals surface area contributed by atoms with E-state index in [0.29, 0.717) is 12.8 Å². The van der Waals surface area contributed by atoms with Gasteiger partial charge in [0, 0.05) is 6.42 Å². The zero-order chi connectivity index (χ0) is 26.4. The first-order chi connectivity index (χ1) is 16.7. The fraction of sp³-hybridized carbons (Fsp3) is 0.852. The Morgan fingerprint density at radius 3 is 1.51 bits per heavy atom. The number of carboxylic acids is 1. The van der Waals surface area contributed by atoms with Crippen molar-refractivity contribution >= 4 is 23.9 Å². The standard InChI is InChI=1S/C27H48O8/c1-3-5-7-8-9-10-11-12-13-14-15-16-18-20-34-24(29)21-27(33,26(31)32)22-25(30)35-23(28)19-17-6-4-2/h33H,3-22H2,1-2H3,(H,31,32). The highest BCUT2D eigenvalue weighted by Gasteiger charge is 2.42. The zero-order valence-corrected chi connectivity index (χ0v) is 22.0. The Labute approximate surface area is 211 Å². The van der Waals surface area contributed by atoms with Crippen LogP contribution in [0.15, 0.2) is 0 Å². The molecule has 35 heavy (non-hydrogen) atoms. The summed E-state index contributed by atoms with van der Waals surface area (Å²) in [4.78, 5) is 46.9. The van der Waals surface area contributed by atoms with Gasteiger partial charge in [0.2, 0.25) is 0 Å². The minimum Gasteiger partial charge on any atom is -0.479 e. The lowest BCUT2D eigenvalue weighted by Crippen LogP contribution is -2.43. The number of aliphatic hydroxyl groups is 1. The van der Waals surface area contributed by atoms with Crippen LogP contribution in [0.25, 0.3) is 0 Å². The molecule has 1 atom stereocenters. The summed E-state index contributed by atoms with van der Waals surface area (Å²) in [6.07, 6.45) is 15.8. The summed E-state index contributed by atoms with van der Waals surface area (Å²) in [5, 5.41) is 19.5. The van der Waals surface area contributed by atoms with Gasteiger partial charge in [-0.05, 0) is 12.8 Å². The molecule has 0 rings (SSSR count). The highest BCUT2D eigenvalue weighted by atomic mass is 16.6. The van der Waals surface area contributed by atoms with Crippen molar-refractivity contribution in [2.75, 3.05) is 6.61 Å². The summed E-state index contributed by atoms with van der Waals surface area (Å²) < 4.78 is 9.59. The number of ether oxygens (including phenoxy) is 2. The number of carbonyl (C=O) groups is 4. The molecule has 204 valence electrons. The van der Waals surface area contributed by atoms with Gasteiger partial charge in [-0.2, -0.15) is 0 Å². The number of hydrogen-bond donors (Lipinski definition) is 2. The fourth-order valence-corrected chi connectivity index (χ4v) is 3.78. The molecular formula is C27H48O8. The molecule has 0 aromatic carbocycles. The van der Waals surface area contributed by atoms with Crippen LogP contribution in [0.1, 0.15) is 136 Å². The maximum atomic E-state index is 12.0. The second kappa shape index (κ2) is 21.3. The van der Waals surface area contributed by atoms with Gasteiger partial charge in [-0.15, -0.1) is 0 Å². The van der Waals surface area contributed by atoms with E-state index in [1.165, 1.54) is 57.8 Å². The number of carboxylic acid groups (broad SMARTS) is 1. The maximum Gasteiger partial charge on any atom is 0.336 e. The average Bonchev–Trinajstić information content (AvgIpc) is 2.79. The van der Waals surface area contributed by atoms with Crippen molar-refractivity contribution in [3.63, 3.8) is 0 Å². The van der Waals surface area contributed by atoms with Gasteiger partial charge in [0.15, 0.2) is 5.60 Å². The van der Waals surface area contributed by atoms with E-state index in [1.807, 2.05) is 6.92 Å². The van der Waals surface area contributed by atoms with Crippen molar-refractivity contribution in [2.45, 2.75) is 141 Å². The summed E-state index contributed by atoms with van der Waals surface area (Å²) in [6.45, 7) is 4.32. The minimum atomic E-state index is -2.67. The van der Waals surface area contributed by atoms with Gasteiger partial charge < -0.3 is 19.7 Å². The third-order valence-electron chi connectivity index (χ3n) is 5.99. The molecule has 0 heterocycles. The number of hydrogen-bond acceptors (Lipinski definition) is 7. The smallest absolute Gasteiger partial charge is 0.336 e. The van der Waals surface area contributed by atoms with Crippen LogP contribution in [0.5, 0.6) is 0 Å². The van der Waals surface area contributed by atoms with E-state index < -0.39 is 42.3 Å². The van der Waals surface area contributed by atoms with Crippen LogP contribution in [-0.4, -0.2) is 46.3 Å². The Hall–Kier alpha value is -1.96. The van der Waals surface area contributed by atoms with Crippen molar-refractivity contribution in [1.29, 1.82) is 0 Å². The van der Waals surface area contributed by atoms with Gasteiger partial charge in [-0.3, -0.25) is 14.4 Å². The van der Waals surface area contributed by atoms with E-state index in [1.54, 1.807) is 0 Å². The molecule has 0 saturated carbocycles. The molecule has 0 saturated heterocycles. The first-order valence-electron chi connectivity index (χ1n) is 13.6. The summed E-state index contributed by atoms with van der Waals surface area (Å²) in [5.41, 5.74) is -2.67. The van der Waals surface area contributed by atoms with Gasteiger partial charge in [0.1, 0.15) is 0 Å². The van der Waals surface area contributed by atoms with Crippen LogP contribution in [0, 0.1) is 0 Å². The first kappa shape index (κ1) is 33.0. The van der Waals surface area contributed by atoms with E-state index in [9.17, 15) is 29.4 Å². The van der Waals surface area contributed by atoms with Crippen LogP contribution in [0.3, 0.4) is 0 Å². The predicted octanol–water partition coefficient (Wildman–Crippen LogP) is 5.87. The molecule has 0 spiro atoms. The predicted molar refractivity (Wildman–Crippen MR) is 134 cm³/mol. The molecule has 0 radical (unpaired) electrons. The SMILES string of the molecule is CCCCCCCCCCCCCCCOC(=O)CC(O)(CC(=O)OC(=O)CCCCC)C(=O)O. The van der Waals surface area contributed by atoms with Gasteiger partial charge in [0.25, 0.3) is 0 Å². The highest BCUT2D eigenvalue weighted by Crippen LogP contribution is 2.19. The molecule has 0 fully saturated rings. The van der Waals surface area contributed by atoms with Crippen molar-refractivity contribution < 1.29 is 38.9 Å². The van der Waals surface area contributed by atoms with Gasteiger partial charge in [-0.1, -0.05) is 104 Å². The number of aliphatic carboxylic acids is 1. The fourth-order valence-electron chi connectivity index (χ4n) is 3.78. The number of unbranched alkanes of at least 4 members (excludes halogenated alkanes) is 14. The van der Waals surface area contributed by atoms with E-state index >= 15 is 0 Å². The molecule has 2 N–H and O–H groups in total. The van der Waals surface area contributed by atoms with E-state index in [2.05, 4.69) is 11.7 Å². The van der Waals surface area contributed by atoms with Crippen LogP contribution in [-0.2, 0) is 28.7 Å². The summed E-state index contributed by atoms with van der Waals surface area (Å²) in [7, 11) is 0. The Morgan fingerprint density at radius 1 is 0.600 bits per heavy atom. The monoisotopic (exact) mass is 500 g/mol. The van der Waals surface area contributed by atoms with E-state index in [4.69, 9.17) is 4.74 Å². The number of carbonyl (C=O) groups excluding carboxylic acids is 3. The highest BCUT2D eigenvalue weighted by molar-refractivity contribution is 5.92. The Balaban J connectivity index is 3.96. The minimum absolute atomic E-state index is 0.0340. The van der Waals surface area contributed by atoms with Crippen LogP contribution < -0.4 is 0 Å². The molecule has 8 heteroatoms. The van der Waals surface area contributed by atoms with E-state index in [0.717, 1.165) is 32.1 Å². The molecule has 0 amide bonds. The molecular weight excluding hydrogens is 452 g/mol.